The quantitative estimate of drug-likeness (QED) is 0.0849. The van der Waals surface area contributed by atoms with Crippen molar-refractivity contribution in [3.8, 4) is 0 Å². The first-order valence-electron chi connectivity index (χ1n) is 34.3. The van der Waals surface area contributed by atoms with E-state index in [1.54, 1.807) is 62.3 Å². The number of methoxy groups -OCH3 is 1. The lowest BCUT2D eigenvalue weighted by atomic mass is 9.95. The van der Waals surface area contributed by atoms with Crippen LogP contribution in [0.25, 0.3) is 0 Å². The Labute approximate surface area is 576 Å². The number of esters is 1. The number of carbonyl (C=O) groups excluding carboxylic acids is 14. The topological polar surface area (TPSA) is 370 Å². The fraction of sp³-hybridized carbons (Fsp3) is 0.794. The Morgan fingerprint density at radius 1 is 0.567 bits per heavy atom. The summed E-state index contributed by atoms with van der Waals surface area (Å²) in [4.78, 5) is 204. The second kappa shape index (κ2) is 41.7. The zero-order chi connectivity index (χ0) is 74.8. The lowest BCUT2D eigenvalue weighted by molar-refractivity contribution is -0.163. The summed E-state index contributed by atoms with van der Waals surface area (Å²) in [6.45, 7) is 29.9. The van der Waals surface area contributed by atoms with Crippen molar-refractivity contribution in [1.82, 2.24) is 67.0 Å². The summed E-state index contributed by atoms with van der Waals surface area (Å²) in [6.07, 6.45) is -1.78. The summed E-state index contributed by atoms with van der Waals surface area (Å²) in [5, 5.41) is 21.7. The summed E-state index contributed by atoms with van der Waals surface area (Å²) in [7, 11) is 8.35. The molecule has 13 amide bonds. The molecule has 29 heteroatoms. The molecule has 2 unspecified atom stereocenters. The maximum atomic E-state index is 14.8. The molecular formula is C68H121N13O16. The average Bonchev–Trinajstić information content (AvgIpc) is 0.865. The largest absolute Gasteiger partial charge is 0.458 e. The minimum absolute atomic E-state index is 0.0601. The van der Waals surface area contributed by atoms with E-state index >= 15 is 0 Å². The molecule has 8 N–H and O–H groups in total. The third-order valence-corrected chi connectivity index (χ3v) is 17.4. The Balaban J connectivity index is 4.12. The van der Waals surface area contributed by atoms with Crippen LogP contribution >= 0.6 is 0 Å². The van der Waals surface area contributed by atoms with Crippen LogP contribution in [0.1, 0.15) is 170 Å². The summed E-state index contributed by atoms with van der Waals surface area (Å²) in [6, 6.07) is -12.2. The molecule has 29 nitrogen and oxygen atoms in total. The molecule has 1 aliphatic heterocycles. The third-order valence-electron chi connectivity index (χ3n) is 17.4. The van der Waals surface area contributed by atoms with Crippen molar-refractivity contribution >= 4 is 82.8 Å². The van der Waals surface area contributed by atoms with Gasteiger partial charge in [0.05, 0.1) is 0 Å². The summed E-state index contributed by atoms with van der Waals surface area (Å²) >= 11 is 0. The monoisotopic (exact) mass is 1380 g/mol. The van der Waals surface area contributed by atoms with E-state index in [2.05, 4.69) is 42.5 Å². The summed E-state index contributed by atoms with van der Waals surface area (Å²) in [5.74, 6) is -12.6. The van der Waals surface area contributed by atoms with Gasteiger partial charge in [0.2, 0.25) is 76.8 Å². The average molecular weight is 1380 g/mol. The van der Waals surface area contributed by atoms with Crippen LogP contribution in [-0.2, 0) is 76.6 Å². The van der Waals surface area contributed by atoms with Crippen LogP contribution in [0.15, 0.2) is 0 Å². The number of rotatable bonds is 19. The minimum Gasteiger partial charge on any atom is -0.458 e. The van der Waals surface area contributed by atoms with Crippen LogP contribution in [-0.4, -0.2) is 242 Å². The predicted octanol–water partition coefficient (Wildman–Crippen LogP) is 1.48. The van der Waals surface area contributed by atoms with Crippen LogP contribution in [0.4, 0.5) is 0 Å². The molecule has 0 aromatic heterocycles. The summed E-state index contributed by atoms with van der Waals surface area (Å²) < 4.78 is 11.0. The van der Waals surface area contributed by atoms with E-state index in [9.17, 15) is 67.1 Å². The van der Waals surface area contributed by atoms with E-state index in [1.165, 1.54) is 75.8 Å². The maximum absolute atomic E-state index is 14.8. The second-order valence-electron chi connectivity index (χ2n) is 28.5. The Hall–Kier alpha value is -7.46. The fourth-order valence-corrected chi connectivity index (χ4v) is 11.5. The smallest absolute Gasteiger partial charge is 0.329 e. The molecule has 1 aliphatic rings. The van der Waals surface area contributed by atoms with Gasteiger partial charge in [0.1, 0.15) is 73.1 Å². The first kappa shape index (κ1) is 87.6. The van der Waals surface area contributed by atoms with Gasteiger partial charge in [-0.1, -0.05) is 117 Å². The Bertz CT molecular complexity index is 2690. The van der Waals surface area contributed by atoms with E-state index < -0.39 is 185 Å². The van der Waals surface area contributed by atoms with E-state index in [4.69, 9.17) is 9.47 Å². The van der Waals surface area contributed by atoms with Crippen LogP contribution < -0.4 is 42.5 Å². The molecule has 12 atom stereocenters. The number of likely N-dealkylation sites (N-methyl/N-ethyl adjacent to an activating group) is 5. The van der Waals surface area contributed by atoms with Gasteiger partial charge in [-0.05, 0) is 80.5 Å². The molecule has 1 heterocycles. The molecule has 0 saturated carbocycles. The Kier molecular flexibility index (Phi) is 37.6. The first-order chi connectivity index (χ1) is 45.0. The molecule has 0 bridgehead atoms. The molecule has 1 rings (SSSR count). The molecule has 0 aliphatic carbocycles. The van der Waals surface area contributed by atoms with Crippen LogP contribution in [0, 0.1) is 47.3 Å². The molecule has 554 valence electrons. The van der Waals surface area contributed by atoms with Crippen LogP contribution in [0.5, 0.6) is 0 Å². The van der Waals surface area contributed by atoms with Gasteiger partial charge in [0, 0.05) is 81.2 Å². The predicted molar refractivity (Wildman–Crippen MR) is 366 cm³/mol. The highest BCUT2D eigenvalue weighted by Crippen LogP contribution is 2.23. The van der Waals surface area contributed by atoms with Crippen LogP contribution in [0.2, 0.25) is 0 Å². The van der Waals surface area contributed by atoms with E-state index in [-0.39, 0.29) is 76.1 Å². The number of nitrogens with one attached hydrogen (secondary N) is 8. The molecule has 1 saturated heterocycles. The SMILES string of the molecule is CC[C@H](C)[C@H]1C(=O)NCCC(=O)NC(C(C)C)C(=O)N(C)[C@@H](C(C)C)C(=O)N(C)[C@@H](C)C(=O)NCCC(=O)N[C@H](CC(C)C)C(=O)N(C)[C@H](C(C)C)C(=O)O[C@H](C)[C@H](NC(=O)[C@@H](CC(C)C)N(C)C(=O)[C@@H](NC(=O)COC)C(C)C)C(=O)NCCC(=O)NC(CC(C)C)C(=O)N1C. The van der Waals surface area contributed by atoms with Crippen LogP contribution in [0.3, 0.4) is 0 Å². The minimum atomic E-state index is -1.73. The number of hydrogen-bond acceptors (Lipinski definition) is 16. The zero-order valence-electron chi connectivity index (χ0n) is 62.5. The molecule has 0 aromatic carbocycles. The van der Waals surface area contributed by atoms with E-state index in [0.29, 0.717) is 6.42 Å². The Morgan fingerprint density at radius 2 is 1.01 bits per heavy atom. The van der Waals surface area contributed by atoms with Gasteiger partial charge in [0.25, 0.3) is 0 Å². The van der Waals surface area contributed by atoms with Crippen molar-refractivity contribution < 1.29 is 76.6 Å². The van der Waals surface area contributed by atoms with Gasteiger partial charge in [-0.25, -0.2) is 4.79 Å². The Morgan fingerprint density at radius 3 is 1.43 bits per heavy atom. The van der Waals surface area contributed by atoms with E-state index in [1.807, 2.05) is 48.5 Å². The highest BCUT2D eigenvalue weighted by Gasteiger charge is 2.43. The van der Waals surface area contributed by atoms with Crippen molar-refractivity contribution in [2.45, 2.75) is 236 Å². The number of nitrogens with zero attached hydrogens (tertiary/aromatic N) is 5. The van der Waals surface area contributed by atoms with Crippen molar-refractivity contribution in [2.75, 3.05) is 68.6 Å². The molecular weight excluding hydrogens is 1250 g/mol. The molecule has 97 heavy (non-hydrogen) atoms. The molecule has 0 radical (unpaired) electrons. The highest BCUT2D eigenvalue weighted by molar-refractivity contribution is 5.97. The van der Waals surface area contributed by atoms with E-state index in [0.717, 1.165) is 4.90 Å². The maximum Gasteiger partial charge on any atom is 0.329 e. The van der Waals surface area contributed by atoms with Gasteiger partial charge < -0.3 is 76.5 Å². The number of amides is 13. The number of cyclic esters (lactones) is 1. The standard InChI is InChI=1S/C68H121N13O16/c1-25-43(16)58-62(89)71-31-28-51(84)74-54(40(10)11)66(93)79(21)56(41(12)13)67(94)77(19)44(17)59(86)69-29-26-49(82)72-46(32-36(2)3)63(90)80(22)57(42(14)15)68(95)97-45(18)55(61(88)70-30-27-50(83)73-47(33-37(4)5)64(91)81(58)23)76-60(87)48(34-38(6)7)78(20)65(92)53(39(8)9)75-52(85)35-96-24/h36-48,53-58H,25-35H2,1-24H3,(H,69,86)(H,70,88)(H,71,89)(H,72,82)(H,73,83)(H,74,84)(H,75,85)(H,76,87)/t43-,44-,45+,46+,47?,48+,53-,54?,55-,56-,57+,58-/m0/s1. The zero-order valence-corrected chi connectivity index (χ0v) is 62.5. The number of ether oxygens (including phenoxy) is 2. The van der Waals surface area contributed by atoms with Crippen molar-refractivity contribution in [2.24, 2.45) is 47.3 Å². The van der Waals surface area contributed by atoms with Crippen molar-refractivity contribution in [1.29, 1.82) is 0 Å². The van der Waals surface area contributed by atoms with Gasteiger partial charge in [-0.15, -0.1) is 0 Å². The normalized spacial score (nSPS) is 24.5. The highest BCUT2D eigenvalue weighted by atomic mass is 16.5. The van der Waals surface area contributed by atoms with Gasteiger partial charge in [0.15, 0.2) is 0 Å². The second-order valence-corrected chi connectivity index (χ2v) is 28.5. The summed E-state index contributed by atoms with van der Waals surface area (Å²) in [5.41, 5.74) is 0. The number of hydrogen-bond donors (Lipinski definition) is 8. The third kappa shape index (κ3) is 27.4. The molecule has 0 aromatic rings. The van der Waals surface area contributed by atoms with Gasteiger partial charge in [-0.2, -0.15) is 0 Å². The van der Waals surface area contributed by atoms with Crippen molar-refractivity contribution in [3.05, 3.63) is 0 Å². The van der Waals surface area contributed by atoms with Crippen molar-refractivity contribution in [3.63, 3.8) is 0 Å². The van der Waals surface area contributed by atoms with Gasteiger partial charge >= 0.3 is 5.97 Å². The molecule has 1 fully saturated rings. The van der Waals surface area contributed by atoms with Gasteiger partial charge in [-0.3, -0.25) is 62.3 Å². The first-order valence-corrected chi connectivity index (χ1v) is 34.3. The molecule has 0 spiro atoms. The lowest BCUT2D eigenvalue weighted by Gasteiger charge is -2.37. The number of carbonyl (C=O) groups is 14. The lowest BCUT2D eigenvalue weighted by Crippen LogP contribution is -2.61. The fourth-order valence-electron chi connectivity index (χ4n) is 11.5.